The van der Waals surface area contributed by atoms with Crippen molar-refractivity contribution in [2.75, 3.05) is 26.2 Å². The Labute approximate surface area is 188 Å². The maximum atomic E-state index is 12.8. The minimum Gasteiger partial charge on any atom is -0.508 e. The molecule has 0 bridgehead atoms. The van der Waals surface area contributed by atoms with E-state index in [0.717, 1.165) is 4.47 Å². The number of rotatable bonds is 5. The third-order valence-electron chi connectivity index (χ3n) is 5.01. The van der Waals surface area contributed by atoms with Crippen LogP contribution < -0.4 is 4.74 Å². The summed E-state index contributed by atoms with van der Waals surface area (Å²) in [6.45, 7) is 1.88. The van der Waals surface area contributed by atoms with E-state index in [1.165, 1.54) is 12.1 Å². The SMILES string of the molecule is O=C(c1cccc(O)c1)N1CCN(C(=O)c2ccc(COc3ccc(Br)cc3)o2)CC1. The number of phenolic OH excluding ortho intramolecular Hbond substituents is 1. The van der Waals surface area contributed by atoms with Crippen LogP contribution in [0.5, 0.6) is 11.5 Å². The molecule has 1 aliphatic heterocycles. The molecule has 4 rings (SSSR count). The summed E-state index contributed by atoms with van der Waals surface area (Å²) in [5, 5.41) is 9.57. The molecular formula is C23H21BrN2O5. The number of furan rings is 1. The van der Waals surface area contributed by atoms with Crippen molar-refractivity contribution in [2.24, 2.45) is 0 Å². The molecule has 1 fully saturated rings. The highest BCUT2D eigenvalue weighted by Gasteiger charge is 2.27. The van der Waals surface area contributed by atoms with Gasteiger partial charge in [0.2, 0.25) is 0 Å². The number of carbonyl (C=O) groups excluding carboxylic acids is 2. The van der Waals surface area contributed by atoms with Gasteiger partial charge in [0.1, 0.15) is 23.9 Å². The molecular weight excluding hydrogens is 464 g/mol. The number of nitrogens with zero attached hydrogens (tertiary/aromatic N) is 2. The Hall–Kier alpha value is -3.26. The number of halogens is 1. The highest BCUT2D eigenvalue weighted by molar-refractivity contribution is 9.10. The molecule has 2 aromatic carbocycles. The van der Waals surface area contributed by atoms with Gasteiger partial charge in [0.05, 0.1) is 0 Å². The summed E-state index contributed by atoms with van der Waals surface area (Å²) in [7, 11) is 0. The molecule has 31 heavy (non-hydrogen) atoms. The lowest BCUT2D eigenvalue weighted by atomic mass is 10.1. The molecule has 0 atom stereocenters. The Morgan fingerprint density at radius 1 is 0.935 bits per heavy atom. The van der Waals surface area contributed by atoms with Crippen LogP contribution in [0, 0.1) is 0 Å². The maximum Gasteiger partial charge on any atom is 0.289 e. The predicted octanol–water partition coefficient (Wildman–Crippen LogP) is 3.92. The third kappa shape index (κ3) is 5.08. The third-order valence-corrected chi connectivity index (χ3v) is 5.54. The van der Waals surface area contributed by atoms with Gasteiger partial charge in [-0.15, -0.1) is 0 Å². The fraction of sp³-hybridized carbons (Fsp3) is 0.217. The Kier molecular flexibility index (Phi) is 6.27. The first-order valence-electron chi connectivity index (χ1n) is 9.84. The van der Waals surface area contributed by atoms with Gasteiger partial charge in [-0.2, -0.15) is 0 Å². The zero-order valence-electron chi connectivity index (χ0n) is 16.7. The van der Waals surface area contributed by atoms with Crippen LogP contribution in [0.1, 0.15) is 26.7 Å². The highest BCUT2D eigenvalue weighted by Crippen LogP contribution is 2.19. The molecule has 1 aliphatic rings. The average Bonchev–Trinajstić information content (AvgIpc) is 3.27. The van der Waals surface area contributed by atoms with Crippen LogP contribution in [0.25, 0.3) is 0 Å². The van der Waals surface area contributed by atoms with Gasteiger partial charge in [-0.3, -0.25) is 9.59 Å². The molecule has 0 radical (unpaired) electrons. The maximum absolute atomic E-state index is 12.8. The molecule has 7 nitrogen and oxygen atoms in total. The second kappa shape index (κ2) is 9.26. The van der Waals surface area contributed by atoms with Crippen molar-refractivity contribution in [1.29, 1.82) is 0 Å². The average molecular weight is 485 g/mol. The zero-order chi connectivity index (χ0) is 21.8. The Balaban J connectivity index is 1.30. The number of hydrogen-bond donors (Lipinski definition) is 1. The predicted molar refractivity (Wildman–Crippen MR) is 117 cm³/mol. The van der Waals surface area contributed by atoms with Crippen molar-refractivity contribution < 1.29 is 23.8 Å². The van der Waals surface area contributed by atoms with Crippen molar-refractivity contribution in [3.8, 4) is 11.5 Å². The van der Waals surface area contributed by atoms with E-state index >= 15 is 0 Å². The molecule has 0 spiro atoms. The summed E-state index contributed by atoms with van der Waals surface area (Å²) in [6.07, 6.45) is 0. The summed E-state index contributed by atoms with van der Waals surface area (Å²) < 4.78 is 12.3. The van der Waals surface area contributed by atoms with Crippen LogP contribution in [-0.4, -0.2) is 52.9 Å². The van der Waals surface area contributed by atoms with E-state index in [1.54, 1.807) is 34.1 Å². The molecule has 0 aliphatic carbocycles. The largest absolute Gasteiger partial charge is 0.508 e. The van der Waals surface area contributed by atoms with Gasteiger partial charge in [-0.25, -0.2) is 0 Å². The Bertz CT molecular complexity index is 1070. The van der Waals surface area contributed by atoms with Gasteiger partial charge >= 0.3 is 0 Å². The standard InChI is InChI=1S/C23H21BrN2O5/c24-17-4-6-19(7-5-17)30-15-20-8-9-21(31-20)23(29)26-12-10-25(11-13-26)22(28)16-2-1-3-18(27)14-16/h1-9,14,27H,10-13,15H2. The van der Waals surface area contributed by atoms with Crippen molar-refractivity contribution in [3.05, 3.63) is 82.2 Å². The zero-order valence-corrected chi connectivity index (χ0v) is 18.2. The molecule has 0 saturated carbocycles. The molecule has 1 N–H and O–H groups in total. The van der Waals surface area contributed by atoms with Crippen LogP contribution in [0.15, 0.2) is 69.6 Å². The van der Waals surface area contributed by atoms with E-state index in [1.807, 2.05) is 24.3 Å². The first-order chi connectivity index (χ1) is 15.0. The van der Waals surface area contributed by atoms with E-state index in [9.17, 15) is 14.7 Å². The molecule has 2 heterocycles. The molecule has 160 valence electrons. The second-order valence-corrected chi connectivity index (χ2v) is 8.06. The number of carbonyl (C=O) groups is 2. The minimum absolute atomic E-state index is 0.0531. The number of ether oxygens (including phenoxy) is 1. The topological polar surface area (TPSA) is 83.2 Å². The number of aromatic hydroxyl groups is 1. The number of hydrogen-bond acceptors (Lipinski definition) is 5. The van der Waals surface area contributed by atoms with E-state index < -0.39 is 0 Å². The van der Waals surface area contributed by atoms with Crippen molar-refractivity contribution >= 4 is 27.7 Å². The van der Waals surface area contributed by atoms with Gasteiger partial charge in [0, 0.05) is 36.2 Å². The number of amides is 2. The lowest BCUT2D eigenvalue weighted by molar-refractivity contribution is 0.0516. The van der Waals surface area contributed by atoms with Gasteiger partial charge in [-0.1, -0.05) is 22.0 Å². The Morgan fingerprint density at radius 3 is 2.29 bits per heavy atom. The van der Waals surface area contributed by atoms with Crippen LogP contribution in [0.3, 0.4) is 0 Å². The smallest absolute Gasteiger partial charge is 0.289 e. The van der Waals surface area contributed by atoms with Crippen LogP contribution in [0.4, 0.5) is 0 Å². The van der Waals surface area contributed by atoms with Crippen LogP contribution >= 0.6 is 15.9 Å². The fourth-order valence-electron chi connectivity index (χ4n) is 3.35. The number of piperazine rings is 1. The molecule has 8 heteroatoms. The highest BCUT2D eigenvalue weighted by atomic mass is 79.9. The lowest BCUT2D eigenvalue weighted by Crippen LogP contribution is -2.50. The lowest BCUT2D eigenvalue weighted by Gasteiger charge is -2.34. The molecule has 1 aromatic heterocycles. The van der Waals surface area contributed by atoms with Crippen molar-refractivity contribution in [3.63, 3.8) is 0 Å². The molecule has 1 saturated heterocycles. The summed E-state index contributed by atoms with van der Waals surface area (Å²) in [5.74, 6) is 1.20. The van der Waals surface area contributed by atoms with E-state index in [0.29, 0.717) is 43.3 Å². The quantitative estimate of drug-likeness (QED) is 0.593. The minimum atomic E-state index is -0.209. The van der Waals surface area contributed by atoms with Crippen molar-refractivity contribution in [1.82, 2.24) is 9.80 Å². The normalized spacial score (nSPS) is 13.8. The molecule has 3 aromatic rings. The van der Waals surface area contributed by atoms with E-state index in [-0.39, 0.29) is 29.9 Å². The molecule has 2 amide bonds. The van der Waals surface area contributed by atoms with Crippen LogP contribution in [0.2, 0.25) is 0 Å². The Morgan fingerprint density at radius 2 is 1.61 bits per heavy atom. The summed E-state index contributed by atoms with van der Waals surface area (Å²) in [4.78, 5) is 28.7. The van der Waals surface area contributed by atoms with Crippen LogP contribution in [-0.2, 0) is 6.61 Å². The van der Waals surface area contributed by atoms with E-state index in [4.69, 9.17) is 9.15 Å². The molecule has 0 unspecified atom stereocenters. The van der Waals surface area contributed by atoms with Gasteiger partial charge < -0.3 is 24.1 Å². The fourth-order valence-corrected chi connectivity index (χ4v) is 3.61. The van der Waals surface area contributed by atoms with Gasteiger partial charge in [0.25, 0.3) is 11.8 Å². The van der Waals surface area contributed by atoms with Gasteiger partial charge in [0.15, 0.2) is 5.76 Å². The summed E-state index contributed by atoms with van der Waals surface area (Å²) >= 11 is 3.38. The second-order valence-electron chi connectivity index (χ2n) is 7.14. The summed E-state index contributed by atoms with van der Waals surface area (Å²) in [5.41, 5.74) is 0.432. The van der Waals surface area contributed by atoms with Crippen molar-refractivity contribution in [2.45, 2.75) is 6.61 Å². The van der Waals surface area contributed by atoms with E-state index in [2.05, 4.69) is 15.9 Å². The monoisotopic (exact) mass is 484 g/mol. The number of phenols is 1. The first kappa shape index (κ1) is 21.0. The first-order valence-corrected chi connectivity index (χ1v) is 10.6. The van der Waals surface area contributed by atoms with Gasteiger partial charge in [-0.05, 0) is 54.6 Å². The summed E-state index contributed by atoms with van der Waals surface area (Å²) in [6, 6.07) is 17.1. The number of benzene rings is 2.